The van der Waals surface area contributed by atoms with Crippen LogP contribution in [0.4, 0.5) is 0 Å². The number of rotatable bonds is 5. The van der Waals surface area contributed by atoms with Gasteiger partial charge in [0.15, 0.2) is 0 Å². The predicted octanol–water partition coefficient (Wildman–Crippen LogP) is -0.0143. The third-order valence-corrected chi connectivity index (χ3v) is 2.96. The van der Waals surface area contributed by atoms with Gasteiger partial charge in [-0.05, 0) is 12.8 Å². The summed E-state index contributed by atoms with van der Waals surface area (Å²) >= 11 is 0. The molecule has 0 bridgehead atoms. The third kappa shape index (κ3) is 2.45. The minimum absolute atomic E-state index is 0.129. The number of carbonyl (C=O) groups is 1. The smallest absolute Gasteiger partial charge is 0.306 e. The highest BCUT2D eigenvalue weighted by Crippen LogP contribution is 2.30. The van der Waals surface area contributed by atoms with Crippen LogP contribution in [0.3, 0.4) is 0 Å². The van der Waals surface area contributed by atoms with E-state index in [1.54, 1.807) is 0 Å². The Hall–Kier alpha value is -0.610. The molecule has 0 spiro atoms. The number of ether oxygens (including phenoxy) is 1. The van der Waals surface area contributed by atoms with Gasteiger partial charge in [0.25, 0.3) is 0 Å². The van der Waals surface area contributed by atoms with Gasteiger partial charge in [0.05, 0.1) is 13.5 Å². The summed E-state index contributed by atoms with van der Waals surface area (Å²) in [6.07, 6.45) is 3.25. The van der Waals surface area contributed by atoms with E-state index >= 15 is 0 Å². The van der Waals surface area contributed by atoms with Gasteiger partial charge in [-0.1, -0.05) is 0 Å². The summed E-state index contributed by atoms with van der Waals surface area (Å²) in [6.45, 7) is 3.06. The Kier molecular flexibility index (Phi) is 3.03. The van der Waals surface area contributed by atoms with E-state index in [1.165, 1.54) is 20.0 Å². The zero-order valence-electron chi connectivity index (χ0n) is 8.66. The van der Waals surface area contributed by atoms with Crippen molar-refractivity contribution in [1.29, 1.82) is 0 Å². The SMILES string of the molecule is COC(=O)CCNC1CN(C2CC2)C1. The van der Waals surface area contributed by atoms with Gasteiger partial charge < -0.3 is 10.1 Å². The fourth-order valence-corrected chi connectivity index (χ4v) is 1.86. The van der Waals surface area contributed by atoms with Gasteiger partial charge in [0, 0.05) is 31.7 Å². The Balaban J connectivity index is 1.49. The van der Waals surface area contributed by atoms with Gasteiger partial charge in [-0.3, -0.25) is 9.69 Å². The number of nitrogens with zero attached hydrogens (tertiary/aromatic N) is 1. The van der Waals surface area contributed by atoms with Crippen molar-refractivity contribution in [2.45, 2.75) is 31.3 Å². The molecule has 1 aliphatic carbocycles. The molecule has 0 radical (unpaired) electrons. The molecule has 1 N–H and O–H groups in total. The maximum absolute atomic E-state index is 10.8. The molecule has 0 atom stereocenters. The second-order valence-corrected chi connectivity index (χ2v) is 4.16. The number of hydrogen-bond donors (Lipinski definition) is 1. The van der Waals surface area contributed by atoms with Gasteiger partial charge in [0.2, 0.25) is 0 Å². The van der Waals surface area contributed by atoms with E-state index in [9.17, 15) is 4.79 Å². The summed E-state index contributed by atoms with van der Waals surface area (Å²) in [5.74, 6) is -0.129. The third-order valence-electron chi connectivity index (χ3n) is 2.96. The van der Waals surface area contributed by atoms with Crippen LogP contribution in [0.15, 0.2) is 0 Å². The summed E-state index contributed by atoms with van der Waals surface area (Å²) in [6, 6.07) is 1.48. The number of hydrogen-bond acceptors (Lipinski definition) is 4. The molecule has 2 aliphatic rings. The molecular weight excluding hydrogens is 180 g/mol. The Bertz CT molecular complexity index is 210. The van der Waals surface area contributed by atoms with Gasteiger partial charge in [-0.2, -0.15) is 0 Å². The minimum atomic E-state index is -0.129. The topological polar surface area (TPSA) is 41.6 Å². The fraction of sp³-hybridized carbons (Fsp3) is 0.900. The predicted molar refractivity (Wildman–Crippen MR) is 53.0 cm³/mol. The molecule has 4 heteroatoms. The van der Waals surface area contributed by atoms with E-state index in [0.29, 0.717) is 12.5 Å². The molecule has 4 nitrogen and oxygen atoms in total. The largest absolute Gasteiger partial charge is 0.469 e. The van der Waals surface area contributed by atoms with Crippen LogP contribution in [0.2, 0.25) is 0 Å². The monoisotopic (exact) mass is 198 g/mol. The standard InChI is InChI=1S/C10H18N2O2/c1-14-10(13)4-5-11-8-6-12(7-8)9-2-3-9/h8-9,11H,2-7H2,1H3. The van der Waals surface area contributed by atoms with Crippen molar-refractivity contribution in [1.82, 2.24) is 10.2 Å². The van der Waals surface area contributed by atoms with Crippen LogP contribution in [0, 0.1) is 0 Å². The van der Waals surface area contributed by atoms with Crippen molar-refractivity contribution < 1.29 is 9.53 Å². The van der Waals surface area contributed by atoms with Crippen molar-refractivity contribution in [2.24, 2.45) is 0 Å². The Morgan fingerprint density at radius 3 is 2.79 bits per heavy atom. The molecule has 80 valence electrons. The highest BCUT2D eigenvalue weighted by Gasteiger charge is 2.37. The van der Waals surface area contributed by atoms with Crippen LogP contribution in [0.5, 0.6) is 0 Å². The highest BCUT2D eigenvalue weighted by molar-refractivity contribution is 5.69. The molecule has 14 heavy (non-hydrogen) atoms. The zero-order valence-corrected chi connectivity index (χ0v) is 8.66. The molecule has 1 saturated heterocycles. The highest BCUT2D eigenvalue weighted by atomic mass is 16.5. The van der Waals surface area contributed by atoms with Crippen molar-refractivity contribution >= 4 is 5.97 Å². The first-order chi connectivity index (χ1) is 6.79. The Morgan fingerprint density at radius 1 is 1.50 bits per heavy atom. The average molecular weight is 198 g/mol. The normalized spacial score (nSPS) is 23.2. The lowest BCUT2D eigenvalue weighted by atomic mass is 10.1. The number of nitrogens with one attached hydrogen (secondary N) is 1. The molecule has 1 aliphatic heterocycles. The molecule has 0 aromatic rings. The zero-order chi connectivity index (χ0) is 9.97. The van der Waals surface area contributed by atoms with Gasteiger partial charge in [-0.15, -0.1) is 0 Å². The van der Waals surface area contributed by atoms with Crippen LogP contribution in [0.25, 0.3) is 0 Å². The lowest BCUT2D eigenvalue weighted by molar-refractivity contribution is -0.140. The van der Waals surface area contributed by atoms with Gasteiger partial charge >= 0.3 is 5.97 Å². The fourth-order valence-electron chi connectivity index (χ4n) is 1.86. The van der Waals surface area contributed by atoms with E-state index in [2.05, 4.69) is 15.0 Å². The van der Waals surface area contributed by atoms with Crippen molar-refractivity contribution in [3.05, 3.63) is 0 Å². The summed E-state index contributed by atoms with van der Waals surface area (Å²) < 4.78 is 4.56. The van der Waals surface area contributed by atoms with E-state index in [-0.39, 0.29) is 5.97 Å². The Morgan fingerprint density at radius 2 is 2.21 bits per heavy atom. The molecule has 0 unspecified atom stereocenters. The van der Waals surface area contributed by atoms with Crippen molar-refractivity contribution in [3.63, 3.8) is 0 Å². The molecule has 0 aromatic carbocycles. The van der Waals surface area contributed by atoms with Crippen LogP contribution < -0.4 is 5.32 Å². The van der Waals surface area contributed by atoms with Crippen LogP contribution in [0.1, 0.15) is 19.3 Å². The molecular formula is C10H18N2O2. The average Bonchev–Trinajstić information content (AvgIpc) is 2.91. The molecule has 2 fully saturated rings. The van der Waals surface area contributed by atoms with Gasteiger partial charge in [0.1, 0.15) is 0 Å². The summed E-state index contributed by atoms with van der Waals surface area (Å²) in [5, 5.41) is 3.35. The first-order valence-corrected chi connectivity index (χ1v) is 5.34. The van der Waals surface area contributed by atoms with Crippen molar-refractivity contribution in [3.8, 4) is 0 Å². The summed E-state index contributed by atoms with van der Waals surface area (Å²) in [7, 11) is 1.43. The first-order valence-electron chi connectivity index (χ1n) is 5.34. The first kappa shape index (κ1) is 9.93. The van der Waals surface area contributed by atoms with Crippen LogP contribution in [-0.4, -0.2) is 49.7 Å². The quantitative estimate of drug-likeness (QED) is 0.631. The number of methoxy groups -OCH3 is 1. The second-order valence-electron chi connectivity index (χ2n) is 4.16. The molecule has 1 heterocycles. The maximum atomic E-state index is 10.8. The molecule has 1 saturated carbocycles. The molecule has 0 amide bonds. The van der Waals surface area contributed by atoms with Crippen molar-refractivity contribution in [2.75, 3.05) is 26.7 Å². The lowest BCUT2D eigenvalue weighted by Gasteiger charge is -2.40. The number of esters is 1. The van der Waals surface area contributed by atoms with Gasteiger partial charge in [-0.25, -0.2) is 0 Å². The van der Waals surface area contributed by atoms with E-state index in [1.807, 2.05) is 0 Å². The van der Waals surface area contributed by atoms with E-state index < -0.39 is 0 Å². The number of carbonyl (C=O) groups excluding carboxylic acids is 1. The van der Waals surface area contributed by atoms with Crippen LogP contribution in [-0.2, 0) is 9.53 Å². The molecule has 2 rings (SSSR count). The number of likely N-dealkylation sites (tertiary alicyclic amines) is 1. The van der Waals surface area contributed by atoms with Crippen LogP contribution >= 0.6 is 0 Å². The van der Waals surface area contributed by atoms with E-state index in [4.69, 9.17) is 0 Å². The summed E-state index contributed by atoms with van der Waals surface area (Å²) in [5.41, 5.74) is 0. The van der Waals surface area contributed by atoms with E-state index in [0.717, 1.165) is 25.7 Å². The maximum Gasteiger partial charge on any atom is 0.306 e. The lowest BCUT2D eigenvalue weighted by Crippen LogP contribution is -2.58. The second kappa shape index (κ2) is 4.28. The summed E-state index contributed by atoms with van der Waals surface area (Å²) in [4.78, 5) is 13.3. The minimum Gasteiger partial charge on any atom is -0.469 e. The molecule has 0 aromatic heterocycles. The Labute approximate surface area is 84.6 Å².